The van der Waals surface area contributed by atoms with Crippen molar-refractivity contribution in [1.29, 1.82) is 0 Å². The summed E-state index contributed by atoms with van der Waals surface area (Å²) in [5.74, 6) is 0.221. The molecule has 5 nitrogen and oxygen atoms in total. The van der Waals surface area contributed by atoms with Gasteiger partial charge in [0.1, 0.15) is 11.5 Å². The third-order valence-corrected chi connectivity index (χ3v) is 3.70. The molecule has 0 aliphatic rings. The van der Waals surface area contributed by atoms with E-state index in [9.17, 15) is 4.79 Å². The highest BCUT2D eigenvalue weighted by atomic mass is 16.5. The zero-order chi connectivity index (χ0) is 17.6. The molecule has 3 aromatic rings. The van der Waals surface area contributed by atoms with Crippen LogP contribution in [0, 0.1) is 0 Å². The van der Waals surface area contributed by atoms with Gasteiger partial charge in [-0.2, -0.15) is 0 Å². The molecular formula is C20H17NO4. The van der Waals surface area contributed by atoms with Gasteiger partial charge in [-0.1, -0.05) is 30.3 Å². The van der Waals surface area contributed by atoms with Crippen LogP contribution >= 0.6 is 0 Å². The number of aliphatic imine (C=N–C) groups is 1. The average Bonchev–Trinajstić information content (AvgIpc) is 2.65. The summed E-state index contributed by atoms with van der Waals surface area (Å²) in [6, 6.07) is 18.8. The average molecular weight is 335 g/mol. The fourth-order valence-corrected chi connectivity index (χ4v) is 2.48. The maximum absolute atomic E-state index is 10.8. The Morgan fingerprint density at radius 1 is 1.08 bits per heavy atom. The number of nitrogens with zero attached hydrogens (tertiary/aromatic N) is 1. The van der Waals surface area contributed by atoms with Gasteiger partial charge in [-0.25, -0.2) is 4.79 Å². The molecule has 0 saturated heterocycles. The fraction of sp³-hybridized carbons (Fsp3) is 0.100. The number of carboxylic acid groups (broad SMARTS) is 1. The SMILES string of the molecule is COc1ccc(N=Cc2c(OCC(=O)O)ccc3ccccc23)cc1. The number of ether oxygens (including phenoxy) is 2. The lowest BCUT2D eigenvalue weighted by atomic mass is 10.0. The van der Waals surface area contributed by atoms with E-state index in [4.69, 9.17) is 14.6 Å². The van der Waals surface area contributed by atoms with E-state index >= 15 is 0 Å². The summed E-state index contributed by atoms with van der Waals surface area (Å²) in [7, 11) is 1.61. The highest BCUT2D eigenvalue weighted by molar-refractivity contribution is 6.03. The Kier molecular flexibility index (Phi) is 4.95. The first-order valence-electron chi connectivity index (χ1n) is 7.72. The summed E-state index contributed by atoms with van der Waals surface area (Å²) in [6.07, 6.45) is 1.70. The number of carbonyl (C=O) groups is 1. The van der Waals surface area contributed by atoms with Gasteiger partial charge >= 0.3 is 5.97 Å². The molecule has 126 valence electrons. The van der Waals surface area contributed by atoms with Crippen LogP contribution in [0.4, 0.5) is 5.69 Å². The molecule has 0 amide bonds. The summed E-state index contributed by atoms with van der Waals surface area (Å²) >= 11 is 0. The molecular weight excluding hydrogens is 318 g/mol. The van der Waals surface area contributed by atoms with Gasteiger partial charge in [0.05, 0.1) is 12.8 Å². The third-order valence-electron chi connectivity index (χ3n) is 3.70. The first-order chi connectivity index (χ1) is 12.2. The lowest BCUT2D eigenvalue weighted by molar-refractivity contribution is -0.139. The predicted octanol–water partition coefficient (Wildman–Crippen LogP) is 4.06. The number of hydrogen-bond donors (Lipinski definition) is 1. The fourth-order valence-electron chi connectivity index (χ4n) is 2.48. The number of methoxy groups -OCH3 is 1. The zero-order valence-electron chi connectivity index (χ0n) is 13.7. The Bertz CT molecular complexity index is 917. The molecule has 0 atom stereocenters. The minimum Gasteiger partial charge on any atom is -0.497 e. The molecule has 0 spiro atoms. The first-order valence-corrected chi connectivity index (χ1v) is 7.72. The minimum atomic E-state index is -1.02. The summed E-state index contributed by atoms with van der Waals surface area (Å²) in [5.41, 5.74) is 1.51. The molecule has 3 rings (SSSR count). The standard InChI is InChI=1S/C20H17NO4/c1-24-16-9-7-15(8-10-16)21-12-18-17-5-3-2-4-14(17)6-11-19(18)25-13-20(22)23/h2-12H,13H2,1H3,(H,22,23). The number of rotatable bonds is 6. The molecule has 0 bridgehead atoms. The number of carboxylic acids is 1. The quantitative estimate of drug-likeness (QED) is 0.690. The highest BCUT2D eigenvalue weighted by Crippen LogP contribution is 2.27. The molecule has 1 N–H and O–H groups in total. The van der Waals surface area contributed by atoms with Crippen LogP contribution in [0.25, 0.3) is 10.8 Å². The van der Waals surface area contributed by atoms with E-state index in [0.29, 0.717) is 5.75 Å². The van der Waals surface area contributed by atoms with E-state index in [1.165, 1.54) is 0 Å². The van der Waals surface area contributed by atoms with Crippen molar-refractivity contribution in [1.82, 2.24) is 0 Å². The molecule has 0 fully saturated rings. The van der Waals surface area contributed by atoms with E-state index in [0.717, 1.165) is 27.8 Å². The summed E-state index contributed by atoms with van der Waals surface area (Å²) in [4.78, 5) is 15.3. The molecule has 0 heterocycles. The van der Waals surface area contributed by atoms with Crippen molar-refractivity contribution in [2.45, 2.75) is 0 Å². The van der Waals surface area contributed by atoms with E-state index in [2.05, 4.69) is 4.99 Å². The Hall–Kier alpha value is -3.34. The van der Waals surface area contributed by atoms with Crippen molar-refractivity contribution in [2.24, 2.45) is 4.99 Å². The lowest BCUT2D eigenvalue weighted by Gasteiger charge is -2.10. The van der Waals surface area contributed by atoms with Gasteiger partial charge in [-0.3, -0.25) is 4.99 Å². The zero-order valence-corrected chi connectivity index (χ0v) is 13.7. The minimum absolute atomic E-state index is 0.401. The molecule has 25 heavy (non-hydrogen) atoms. The van der Waals surface area contributed by atoms with Gasteiger partial charge < -0.3 is 14.6 Å². The molecule has 0 saturated carbocycles. The largest absolute Gasteiger partial charge is 0.497 e. The summed E-state index contributed by atoms with van der Waals surface area (Å²) in [6.45, 7) is -0.401. The van der Waals surface area contributed by atoms with Gasteiger partial charge in [0.2, 0.25) is 0 Å². The maximum Gasteiger partial charge on any atom is 0.341 e. The Morgan fingerprint density at radius 2 is 1.84 bits per heavy atom. The van der Waals surface area contributed by atoms with E-state index in [1.54, 1.807) is 19.4 Å². The Balaban J connectivity index is 2.00. The van der Waals surface area contributed by atoms with Crippen LogP contribution in [-0.4, -0.2) is 31.0 Å². The van der Waals surface area contributed by atoms with Crippen molar-refractivity contribution in [3.8, 4) is 11.5 Å². The second-order valence-electron chi connectivity index (χ2n) is 5.34. The van der Waals surface area contributed by atoms with E-state index < -0.39 is 12.6 Å². The van der Waals surface area contributed by atoms with Crippen molar-refractivity contribution in [2.75, 3.05) is 13.7 Å². The summed E-state index contributed by atoms with van der Waals surface area (Å²) < 4.78 is 10.6. The first kappa shape index (κ1) is 16.5. The normalized spacial score (nSPS) is 10.9. The number of aliphatic carboxylic acids is 1. The Labute approximate surface area is 145 Å². The monoisotopic (exact) mass is 335 g/mol. The smallest absolute Gasteiger partial charge is 0.341 e. The van der Waals surface area contributed by atoms with Gasteiger partial charge in [-0.05, 0) is 41.1 Å². The van der Waals surface area contributed by atoms with Crippen molar-refractivity contribution >= 4 is 28.6 Å². The van der Waals surface area contributed by atoms with Crippen molar-refractivity contribution in [3.05, 3.63) is 66.2 Å². The van der Waals surface area contributed by atoms with Gasteiger partial charge in [0.25, 0.3) is 0 Å². The molecule has 0 aliphatic heterocycles. The van der Waals surface area contributed by atoms with Crippen molar-refractivity contribution < 1.29 is 19.4 Å². The second-order valence-corrected chi connectivity index (χ2v) is 5.34. The number of hydrogen-bond acceptors (Lipinski definition) is 4. The molecule has 0 unspecified atom stereocenters. The lowest BCUT2D eigenvalue weighted by Crippen LogP contribution is -2.10. The van der Waals surface area contributed by atoms with Crippen LogP contribution in [0.15, 0.2) is 65.7 Å². The van der Waals surface area contributed by atoms with E-state index in [-0.39, 0.29) is 0 Å². The topological polar surface area (TPSA) is 68.1 Å². The van der Waals surface area contributed by atoms with Gasteiger partial charge in [0, 0.05) is 11.8 Å². The number of benzene rings is 3. The summed E-state index contributed by atoms with van der Waals surface area (Å²) in [5, 5.41) is 10.8. The van der Waals surface area contributed by atoms with E-state index in [1.807, 2.05) is 54.6 Å². The van der Waals surface area contributed by atoms with Crippen LogP contribution in [0.1, 0.15) is 5.56 Å². The molecule has 0 radical (unpaired) electrons. The highest BCUT2D eigenvalue weighted by Gasteiger charge is 2.09. The molecule has 0 aliphatic carbocycles. The predicted molar refractivity (Wildman–Crippen MR) is 97.3 cm³/mol. The molecule has 0 aromatic heterocycles. The third kappa shape index (κ3) is 3.95. The molecule has 3 aromatic carbocycles. The second kappa shape index (κ2) is 7.49. The van der Waals surface area contributed by atoms with Crippen LogP contribution in [-0.2, 0) is 4.79 Å². The number of fused-ring (bicyclic) bond motifs is 1. The molecule has 5 heteroatoms. The maximum atomic E-state index is 10.8. The van der Waals surface area contributed by atoms with Crippen LogP contribution in [0.5, 0.6) is 11.5 Å². The van der Waals surface area contributed by atoms with Crippen molar-refractivity contribution in [3.63, 3.8) is 0 Å². The van der Waals surface area contributed by atoms with Crippen LogP contribution in [0.3, 0.4) is 0 Å². The van der Waals surface area contributed by atoms with Gasteiger partial charge in [-0.15, -0.1) is 0 Å². The Morgan fingerprint density at radius 3 is 2.56 bits per heavy atom. The van der Waals surface area contributed by atoms with Crippen LogP contribution in [0.2, 0.25) is 0 Å². The van der Waals surface area contributed by atoms with Gasteiger partial charge in [0.15, 0.2) is 6.61 Å². The van der Waals surface area contributed by atoms with Crippen LogP contribution < -0.4 is 9.47 Å².